The van der Waals surface area contributed by atoms with Gasteiger partial charge in [-0.05, 0) is 63.8 Å². The molecular formula is C23H23ClN2O3. The lowest BCUT2D eigenvalue weighted by molar-refractivity contribution is 0.0722. The first-order chi connectivity index (χ1) is 13.9. The number of nitrogens with zero attached hydrogens (tertiary/aromatic N) is 2. The van der Waals surface area contributed by atoms with Gasteiger partial charge in [-0.2, -0.15) is 0 Å². The van der Waals surface area contributed by atoms with Gasteiger partial charge in [0.1, 0.15) is 5.58 Å². The molecule has 0 unspecified atom stereocenters. The number of hydrogen-bond acceptors (Lipinski definition) is 4. The van der Waals surface area contributed by atoms with Gasteiger partial charge < -0.3 is 14.2 Å². The zero-order chi connectivity index (χ0) is 20.7. The maximum absolute atomic E-state index is 13.4. The van der Waals surface area contributed by atoms with Crippen LogP contribution in [0.4, 0.5) is 0 Å². The molecule has 29 heavy (non-hydrogen) atoms. The van der Waals surface area contributed by atoms with Crippen LogP contribution in [-0.2, 0) is 0 Å². The van der Waals surface area contributed by atoms with Crippen molar-refractivity contribution in [2.45, 2.75) is 19.4 Å². The minimum absolute atomic E-state index is 0.145. The van der Waals surface area contributed by atoms with Gasteiger partial charge in [-0.1, -0.05) is 35.4 Å². The largest absolute Gasteiger partial charge is 0.450 e. The van der Waals surface area contributed by atoms with E-state index >= 15 is 0 Å². The highest BCUT2D eigenvalue weighted by Crippen LogP contribution is 2.38. The summed E-state index contributed by atoms with van der Waals surface area (Å²) in [5, 5.41) is 1.12. The van der Waals surface area contributed by atoms with E-state index in [1.54, 1.807) is 23.1 Å². The molecular weight excluding hydrogens is 388 g/mol. The summed E-state index contributed by atoms with van der Waals surface area (Å²) in [6.07, 6.45) is 0.795. The van der Waals surface area contributed by atoms with Crippen LogP contribution in [0.25, 0.3) is 11.0 Å². The van der Waals surface area contributed by atoms with E-state index in [4.69, 9.17) is 16.0 Å². The monoisotopic (exact) mass is 410 g/mol. The summed E-state index contributed by atoms with van der Waals surface area (Å²) in [5.41, 5.74) is 2.54. The van der Waals surface area contributed by atoms with E-state index in [2.05, 4.69) is 4.90 Å². The van der Waals surface area contributed by atoms with Crippen LogP contribution in [0.5, 0.6) is 0 Å². The minimum atomic E-state index is -0.474. The van der Waals surface area contributed by atoms with Crippen LogP contribution >= 0.6 is 11.6 Å². The van der Waals surface area contributed by atoms with Crippen molar-refractivity contribution in [2.75, 3.05) is 27.2 Å². The molecule has 3 aromatic rings. The van der Waals surface area contributed by atoms with E-state index in [1.807, 2.05) is 45.3 Å². The van der Waals surface area contributed by atoms with Crippen molar-refractivity contribution in [1.29, 1.82) is 0 Å². The molecule has 1 aliphatic rings. The number of fused-ring (bicyclic) bond motifs is 2. The van der Waals surface area contributed by atoms with Gasteiger partial charge in [0, 0.05) is 11.6 Å². The number of amides is 1. The molecule has 1 amide bonds. The van der Waals surface area contributed by atoms with E-state index < -0.39 is 6.04 Å². The lowest BCUT2D eigenvalue weighted by atomic mass is 9.98. The predicted octanol–water partition coefficient (Wildman–Crippen LogP) is 4.25. The van der Waals surface area contributed by atoms with E-state index in [1.165, 1.54) is 0 Å². The topological polar surface area (TPSA) is 53.8 Å². The molecule has 0 fully saturated rings. The van der Waals surface area contributed by atoms with Gasteiger partial charge in [0.2, 0.25) is 5.76 Å². The Morgan fingerprint density at radius 3 is 2.52 bits per heavy atom. The molecule has 0 spiro atoms. The maximum Gasteiger partial charge on any atom is 0.290 e. The number of benzene rings is 2. The molecule has 1 atom stereocenters. The fraction of sp³-hybridized carbons (Fsp3) is 0.304. The highest BCUT2D eigenvalue weighted by atomic mass is 35.5. The van der Waals surface area contributed by atoms with Crippen molar-refractivity contribution in [3.63, 3.8) is 0 Å². The first-order valence-corrected chi connectivity index (χ1v) is 10.0. The van der Waals surface area contributed by atoms with Crippen molar-refractivity contribution < 1.29 is 9.21 Å². The van der Waals surface area contributed by atoms with Gasteiger partial charge in [0.05, 0.1) is 17.0 Å². The van der Waals surface area contributed by atoms with E-state index in [-0.39, 0.29) is 17.1 Å². The zero-order valence-electron chi connectivity index (χ0n) is 16.7. The average Bonchev–Trinajstić information content (AvgIpc) is 2.95. The maximum atomic E-state index is 13.4. The highest BCUT2D eigenvalue weighted by molar-refractivity contribution is 6.30. The van der Waals surface area contributed by atoms with Crippen molar-refractivity contribution in [2.24, 2.45) is 0 Å². The second-order valence-electron chi connectivity index (χ2n) is 7.78. The Labute approximate surface area is 174 Å². The normalized spacial score (nSPS) is 16.1. The SMILES string of the molecule is Cc1ccc2oc3c(c(=O)c2c1)[C@H](c1ccc(Cl)cc1)N(CCCN(C)C)C3=O. The molecule has 0 N–H and O–H groups in total. The molecule has 0 saturated heterocycles. The molecule has 2 heterocycles. The number of hydrogen-bond donors (Lipinski definition) is 0. The van der Waals surface area contributed by atoms with E-state index in [0.717, 1.165) is 24.1 Å². The molecule has 1 aromatic heterocycles. The number of rotatable bonds is 5. The molecule has 1 aliphatic heterocycles. The zero-order valence-corrected chi connectivity index (χ0v) is 17.5. The average molecular weight is 411 g/mol. The third-order valence-corrected chi connectivity index (χ3v) is 5.56. The van der Waals surface area contributed by atoms with Crippen LogP contribution in [0, 0.1) is 6.92 Å². The van der Waals surface area contributed by atoms with Gasteiger partial charge in [-0.15, -0.1) is 0 Å². The van der Waals surface area contributed by atoms with E-state index in [0.29, 0.717) is 28.1 Å². The van der Waals surface area contributed by atoms with Gasteiger partial charge in [-0.3, -0.25) is 9.59 Å². The van der Waals surface area contributed by atoms with Gasteiger partial charge in [0.15, 0.2) is 5.43 Å². The number of carbonyl (C=O) groups is 1. The van der Waals surface area contributed by atoms with Gasteiger partial charge in [0.25, 0.3) is 5.91 Å². The molecule has 0 aliphatic carbocycles. The van der Waals surface area contributed by atoms with Crippen LogP contribution in [0.1, 0.15) is 39.7 Å². The van der Waals surface area contributed by atoms with Crippen molar-refractivity contribution in [3.05, 3.63) is 80.2 Å². The van der Waals surface area contributed by atoms with Gasteiger partial charge >= 0.3 is 0 Å². The van der Waals surface area contributed by atoms with E-state index in [9.17, 15) is 9.59 Å². The Hall–Kier alpha value is -2.63. The Kier molecular flexibility index (Phi) is 5.19. The summed E-state index contributed by atoms with van der Waals surface area (Å²) >= 11 is 6.06. The molecule has 0 bridgehead atoms. The molecule has 6 heteroatoms. The third kappa shape index (κ3) is 3.56. The molecule has 5 nitrogen and oxygen atoms in total. The van der Waals surface area contributed by atoms with Crippen molar-refractivity contribution in [1.82, 2.24) is 9.80 Å². The Morgan fingerprint density at radius 1 is 1.10 bits per heavy atom. The smallest absolute Gasteiger partial charge is 0.290 e. The Bertz CT molecular complexity index is 1140. The van der Waals surface area contributed by atoms with Crippen LogP contribution in [0.15, 0.2) is 51.7 Å². The molecule has 4 rings (SSSR count). The third-order valence-electron chi connectivity index (χ3n) is 5.31. The lowest BCUT2D eigenvalue weighted by Gasteiger charge is -2.25. The Morgan fingerprint density at radius 2 is 1.83 bits per heavy atom. The highest BCUT2D eigenvalue weighted by Gasteiger charge is 2.42. The standard InChI is InChI=1S/C23H23ClN2O3/c1-14-5-10-18-17(13-14)21(27)19-20(15-6-8-16(24)9-7-15)26(12-4-11-25(2)3)23(28)22(19)29-18/h5-10,13,20H,4,11-12H2,1-3H3/t20-/m0/s1. The van der Waals surface area contributed by atoms with Crippen LogP contribution < -0.4 is 5.43 Å². The van der Waals surface area contributed by atoms with Gasteiger partial charge in [-0.25, -0.2) is 0 Å². The molecule has 150 valence electrons. The number of carbonyl (C=O) groups excluding carboxylic acids is 1. The van der Waals surface area contributed by atoms with Crippen LogP contribution in [0.3, 0.4) is 0 Å². The minimum Gasteiger partial charge on any atom is -0.450 e. The molecule has 0 radical (unpaired) electrons. The predicted molar refractivity (Wildman–Crippen MR) is 115 cm³/mol. The number of halogens is 1. The molecule has 2 aromatic carbocycles. The fourth-order valence-electron chi connectivity index (χ4n) is 3.91. The fourth-order valence-corrected chi connectivity index (χ4v) is 4.04. The summed E-state index contributed by atoms with van der Waals surface area (Å²) in [5.74, 6) is -0.0885. The van der Waals surface area contributed by atoms with Crippen LogP contribution in [-0.4, -0.2) is 42.9 Å². The summed E-state index contributed by atoms with van der Waals surface area (Å²) in [6.45, 7) is 3.31. The van der Waals surface area contributed by atoms with Crippen LogP contribution in [0.2, 0.25) is 5.02 Å². The second-order valence-corrected chi connectivity index (χ2v) is 8.22. The summed E-state index contributed by atoms with van der Waals surface area (Å²) in [7, 11) is 3.99. The Balaban J connectivity index is 1.88. The van der Waals surface area contributed by atoms with Crippen molar-refractivity contribution >= 4 is 28.5 Å². The lowest BCUT2D eigenvalue weighted by Crippen LogP contribution is -2.32. The summed E-state index contributed by atoms with van der Waals surface area (Å²) in [6, 6.07) is 12.3. The molecule has 0 saturated carbocycles. The second kappa shape index (κ2) is 7.65. The van der Waals surface area contributed by atoms with Crippen molar-refractivity contribution in [3.8, 4) is 0 Å². The summed E-state index contributed by atoms with van der Waals surface area (Å²) < 4.78 is 5.96. The summed E-state index contributed by atoms with van der Waals surface area (Å²) in [4.78, 5) is 30.5. The number of aryl methyl sites for hydroxylation is 1. The first kappa shape index (κ1) is 19.7. The first-order valence-electron chi connectivity index (χ1n) is 9.65. The quantitative estimate of drug-likeness (QED) is 0.631.